The highest BCUT2D eigenvalue weighted by Crippen LogP contribution is 2.25. The van der Waals surface area contributed by atoms with Crippen molar-refractivity contribution in [3.63, 3.8) is 0 Å². The lowest BCUT2D eigenvalue weighted by Crippen LogP contribution is -2.08. The summed E-state index contributed by atoms with van der Waals surface area (Å²) >= 11 is 0. The first-order valence-electron chi connectivity index (χ1n) is 9.53. The van der Waals surface area contributed by atoms with Gasteiger partial charge < -0.3 is 19.5 Å². The number of esters is 1. The van der Waals surface area contributed by atoms with Crippen molar-refractivity contribution >= 4 is 12.0 Å². The predicted molar refractivity (Wildman–Crippen MR) is 103 cm³/mol. The van der Waals surface area contributed by atoms with Crippen molar-refractivity contribution in [3.05, 3.63) is 23.3 Å². The molecule has 2 atom stereocenters. The number of imidazole rings is 1. The molecular formula is C20H34N2O4. The quantitative estimate of drug-likeness (QED) is 0.437. The van der Waals surface area contributed by atoms with Crippen molar-refractivity contribution in [3.8, 4) is 0 Å². The van der Waals surface area contributed by atoms with Crippen molar-refractivity contribution < 1.29 is 19.7 Å². The second kappa shape index (κ2) is 11.9. The van der Waals surface area contributed by atoms with Gasteiger partial charge in [0, 0.05) is 13.5 Å². The van der Waals surface area contributed by atoms with Gasteiger partial charge in [0.2, 0.25) is 0 Å². The number of unbranched alkanes of at least 4 members (excludes halogenated alkanes) is 2. The van der Waals surface area contributed by atoms with Crippen LogP contribution in [-0.4, -0.2) is 38.9 Å². The molecule has 0 aromatic carbocycles. The van der Waals surface area contributed by atoms with Crippen LogP contribution in [0.4, 0.5) is 0 Å². The lowest BCUT2D eigenvalue weighted by molar-refractivity contribution is -0.140. The molecule has 26 heavy (non-hydrogen) atoms. The molecule has 1 aromatic heterocycles. The van der Waals surface area contributed by atoms with Gasteiger partial charge in [0.25, 0.3) is 0 Å². The SMILES string of the molecule is CCCCCC(O)C/C=C/c1nc(C)n(C)c1C(O)CCCC(=O)OC. The minimum absolute atomic E-state index is 0.268. The fourth-order valence-corrected chi connectivity index (χ4v) is 2.93. The number of ether oxygens (including phenoxy) is 1. The molecular weight excluding hydrogens is 332 g/mol. The number of aromatic nitrogens is 2. The maximum atomic E-state index is 11.2. The third-order valence-corrected chi connectivity index (χ3v) is 4.62. The summed E-state index contributed by atoms with van der Waals surface area (Å²) < 4.78 is 6.50. The average Bonchev–Trinajstić information content (AvgIpc) is 2.89. The molecule has 0 amide bonds. The standard InChI is InChI=1S/C20H34N2O4/c1-5-6-7-10-16(23)11-8-12-17-20(22(3)15(2)21-17)18(24)13-9-14-19(25)26-4/h8,12,16,18,23-24H,5-7,9-11,13-14H2,1-4H3/b12-8+. The van der Waals surface area contributed by atoms with Crippen molar-refractivity contribution in [2.45, 2.75) is 77.4 Å². The summed E-state index contributed by atoms with van der Waals surface area (Å²) in [7, 11) is 3.24. The molecule has 6 heteroatoms. The van der Waals surface area contributed by atoms with Gasteiger partial charge in [0.1, 0.15) is 5.82 Å². The van der Waals surface area contributed by atoms with Gasteiger partial charge in [-0.2, -0.15) is 0 Å². The molecule has 0 bridgehead atoms. The second-order valence-electron chi connectivity index (χ2n) is 6.76. The topological polar surface area (TPSA) is 84.6 Å². The van der Waals surface area contributed by atoms with Crippen molar-refractivity contribution in [2.24, 2.45) is 7.05 Å². The Labute approximate surface area is 156 Å². The molecule has 148 valence electrons. The van der Waals surface area contributed by atoms with Gasteiger partial charge >= 0.3 is 5.97 Å². The minimum atomic E-state index is -0.694. The van der Waals surface area contributed by atoms with E-state index in [4.69, 9.17) is 0 Å². The maximum Gasteiger partial charge on any atom is 0.305 e. The van der Waals surface area contributed by atoms with E-state index in [-0.39, 0.29) is 12.1 Å². The molecule has 0 saturated heterocycles. The van der Waals surface area contributed by atoms with Crippen LogP contribution in [0.3, 0.4) is 0 Å². The number of carbonyl (C=O) groups excluding carboxylic acids is 1. The van der Waals surface area contributed by atoms with Gasteiger partial charge in [-0.15, -0.1) is 0 Å². The van der Waals surface area contributed by atoms with Crippen molar-refractivity contribution in [1.82, 2.24) is 9.55 Å². The fraction of sp³-hybridized carbons (Fsp3) is 0.700. The van der Waals surface area contributed by atoms with Gasteiger partial charge in [-0.25, -0.2) is 4.98 Å². The van der Waals surface area contributed by atoms with Crippen LogP contribution < -0.4 is 0 Å². The monoisotopic (exact) mass is 366 g/mol. The zero-order valence-corrected chi connectivity index (χ0v) is 16.6. The Morgan fingerprint density at radius 2 is 2.00 bits per heavy atom. The summed E-state index contributed by atoms with van der Waals surface area (Å²) in [6, 6.07) is 0. The molecule has 2 unspecified atom stereocenters. The molecule has 0 radical (unpaired) electrons. The van der Waals surface area contributed by atoms with Gasteiger partial charge in [0.05, 0.1) is 30.7 Å². The lowest BCUT2D eigenvalue weighted by atomic mass is 10.1. The van der Waals surface area contributed by atoms with E-state index in [0.717, 1.165) is 42.9 Å². The van der Waals surface area contributed by atoms with E-state index in [9.17, 15) is 15.0 Å². The molecule has 1 rings (SSSR count). The van der Waals surface area contributed by atoms with Crippen LogP contribution in [0.2, 0.25) is 0 Å². The summed E-state index contributed by atoms with van der Waals surface area (Å²) in [5, 5.41) is 20.6. The lowest BCUT2D eigenvalue weighted by Gasteiger charge is -2.13. The van der Waals surface area contributed by atoms with Crippen LogP contribution in [0.1, 0.15) is 81.6 Å². The third-order valence-electron chi connectivity index (χ3n) is 4.62. The first-order chi connectivity index (χ1) is 12.4. The Morgan fingerprint density at radius 3 is 2.65 bits per heavy atom. The van der Waals surface area contributed by atoms with E-state index in [0.29, 0.717) is 25.7 Å². The van der Waals surface area contributed by atoms with Gasteiger partial charge in [-0.05, 0) is 38.7 Å². The molecule has 0 fully saturated rings. The molecule has 2 N–H and O–H groups in total. The van der Waals surface area contributed by atoms with Crippen molar-refractivity contribution in [1.29, 1.82) is 0 Å². The van der Waals surface area contributed by atoms with Gasteiger partial charge in [-0.1, -0.05) is 32.3 Å². The van der Waals surface area contributed by atoms with Crippen LogP contribution >= 0.6 is 0 Å². The number of rotatable bonds is 12. The van der Waals surface area contributed by atoms with E-state index in [1.54, 1.807) is 0 Å². The molecule has 1 heterocycles. The number of nitrogens with zero attached hydrogens (tertiary/aromatic N) is 2. The van der Waals surface area contributed by atoms with Crippen LogP contribution in [0.5, 0.6) is 0 Å². The third kappa shape index (κ3) is 7.30. The predicted octanol–water partition coefficient (Wildman–Crippen LogP) is 3.45. The molecule has 0 aliphatic heterocycles. The highest BCUT2D eigenvalue weighted by molar-refractivity contribution is 5.69. The zero-order valence-electron chi connectivity index (χ0n) is 16.6. The van der Waals surface area contributed by atoms with E-state index in [2.05, 4.69) is 16.6 Å². The molecule has 6 nitrogen and oxygen atoms in total. The van der Waals surface area contributed by atoms with E-state index >= 15 is 0 Å². The Bertz CT molecular complexity index is 581. The number of aliphatic hydroxyl groups excluding tert-OH is 2. The summed E-state index contributed by atoms with van der Waals surface area (Å²) in [6.07, 6.45) is 8.78. The highest BCUT2D eigenvalue weighted by atomic mass is 16.5. The van der Waals surface area contributed by atoms with Crippen molar-refractivity contribution in [2.75, 3.05) is 7.11 Å². The number of methoxy groups -OCH3 is 1. The smallest absolute Gasteiger partial charge is 0.305 e. The second-order valence-corrected chi connectivity index (χ2v) is 6.76. The van der Waals surface area contributed by atoms with Crippen LogP contribution in [0.15, 0.2) is 6.08 Å². The summed E-state index contributed by atoms with van der Waals surface area (Å²) in [5.41, 5.74) is 1.46. The fourth-order valence-electron chi connectivity index (χ4n) is 2.93. The Balaban J connectivity index is 2.67. The summed E-state index contributed by atoms with van der Waals surface area (Å²) in [6.45, 7) is 4.04. The molecule has 1 aromatic rings. The average molecular weight is 367 g/mol. The Kier molecular flexibility index (Phi) is 10.2. The van der Waals surface area contributed by atoms with Crippen LogP contribution in [0.25, 0.3) is 6.08 Å². The number of aliphatic hydroxyl groups is 2. The molecule has 0 aliphatic rings. The van der Waals surface area contributed by atoms with Gasteiger partial charge in [-0.3, -0.25) is 4.79 Å². The normalized spacial score (nSPS) is 13.9. The van der Waals surface area contributed by atoms with E-state index in [1.165, 1.54) is 7.11 Å². The maximum absolute atomic E-state index is 11.2. The highest BCUT2D eigenvalue weighted by Gasteiger charge is 2.18. The van der Waals surface area contributed by atoms with E-state index < -0.39 is 6.10 Å². The van der Waals surface area contributed by atoms with Crippen LogP contribution in [0, 0.1) is 6.92 Å². The molecule has 0 saturated carbocycles. The summed E-state index contributed by atoms with van der Waals surface area (Å²) in [4.78, 5) is 15.7. The van der Waals surface area contributed by atoms with E-state index in [1.807, 2.05) is 30.7 Å². The zero-order chi connectivity index (χ0) is 19.5. The van der Waals surface area contributed by atoms with Gasteiger partial charge in [0.15, 0.2) is 0 Å². The number of aryl methyl sites for hydroxylation is 1. The molecule has 0 spiro atoms. The minimum Gasteiger partial charge on any atom is -0.469 e. The Hall–Kier alpha value is -1.66. The molecule has 0 aliphatic carbocycles. The first-order valence-corrected chi connectivity index (χ1v) is 9.53. The number of hydrogen-bond donors (Lipinski definition) is 2. The number of carbonyl (C=O) groups is 1. The largest absolute Gasteiger partial charge is 0.469 e. The Morgan fingerprint density at radius 1 is 1.27 bits per heavy atom. The first kappa shape index (κ1) is 22.4. The number of hydrogen-bond acceptors (Lipinski definition) is 5. The van der Waals surface area contributed by atoms with Crippen LogP contribution in [-0.2, 0) is 16.6 Å². The summed E-state index contributed by atoms with van der Waals surface area (Å²) in [5.74, 6) is 0.547.